The standard InChI is InChI=1S/C16H14N2S/c1-11-7-9-13(10-8-11)16-18-14(15(17)19-16)12-5-3-2-4-6-12/h2-10H,17H2,1H3. The molecule has 19 heavy (non-hydrogen) atoms. The molecule has 0 unspecified atom stereocenters. The van der Waals surface area contributed by atoms with Gasteiger partial charge in [-0.2, -0.15) is 0 Å². The summed E-state index contributed by atoms with van der Waals surface area (Å²) in [5.74, 6) is 0. The summed E-state index contributed by atoms with van der Waals surface area (Å²) in [6.07, 6.45) is 0. The summed E-state index contributed by atoms with van der Waals surface area (Å²) in [5, 5.41) is 1.73. The molecule has 3 aromatic rings. The van der Waals surface area contributed by atoms with Crippen molar-refractivity contribution in [3.63, 3.8) is 0 Å². The van der Waals surface area contributed by atoms with Gasteiger partial charge in [0.15, 0.2) is 0 Å². The van der Waals surface area contributed by atoms with E-state index in [1.165, 1.54) is 16.9 Å². The van der Waals surface area contributed by atoms with E-state index in [9.17, 15) is 0 Å². The van der Waals surface area contributed by atoms with Gasteiger partial charge in [0.2, 0.25) is 0 Å². The summed E-state index contributed by atoms with van der Waals surface area (Å²) >= 11 is 1.53. The van der Waals surface area contributed by atoms with Crippen LogP contribution in [0.25, 0.3) is 21.8 Å². The number of aromatic nitrogens is 1. The molecule has 2 nitrogen and oxygen atoms in total. The van der Waals surface area contributed by atoms with Gasteiger partial charge in [-0.25, -0.2) is 4.98 Å². The minimum Gasteiger partial charge on any atom is -0.389 e. The Balaban J connectivity index is 2.04. The lowest BCUT2D eigenvalue weighted by Gasteiger charge is -1.97. The van der Waals surface area contributed by atoms with Gasteiger partial charge in [0.05, 0.1) is 0 Å². The molecule has 1 heterocycles. The Morgan fingerprint density at radius 1 is 0.895 bits per heavy atom. The van der Waals surface area contributed by atoms with Crippen LogP contribution >= 0.6 is 11.3 Å². The second-order valence-electron chi connectivity index (χ2n) is 4.46. The van der Waals surface area contributed by atoms with Gasteiger partial charge in [0, 0.05) is 11.1 Å². The number of aryl methyl sites for hydroxylation is 1. The van der Waals surface area contributed by atoms with Gasteiger partial charge < -0.3 is 5.73 Å². The highest BCUT2D eigenvalue weighted by Crippen LogP contribution is 2.35. The third-order valence-corrected chi connectivity index (χ3v) is 3.93. The maximum atomic E-state index is 6.10. The van der Waals surface area contributed by atoms with Crippen LogP contribution in [-0.2, 0) is 0 Å². The molecule has 0 saturated carbocycles. The van der Waals surface area contributed by atoms with Crippen LogP contribution in [0.15, 0.2) is 54.6 Å². The van der Waals surface area contributed by atoms with Crippen molar-refractivity contribution < 1.29 is 0 Å². The van der Waals surface area contributed by atoms with Gasteiger partial charge in [-0.15, -0.1) is 0 Å². The van der Waals surface area contributed by atoms with Crippen molar-refractivity contribution in [1.82, 2.24) is 4.98 Å². The topological polar surface area (TPSA) is 38.9 Å². The first-order chi connectivity index (χ1) is 9.24. The second-order valence-corrected chi connectivity index (χ2v) is 5.49. The van der Waals surface area contributed by atoms with Gasteiger partial charge in [0.25, 0.3) is 0 Å². The summed E-state index contributed by atoms with van der Waals surface area (Å²) in [5.41, 5.74) is 10.4. The first-order valence-electron chi connectivity index (χ1n) is 6.13. The largest absolute Gasteiger partial charge is 0.389 e. The quantitative estimate of drug-likeness (QED) is 0.748. The van der Waals surface area contributed by atoms with Crippen molar-refractivity contribution in [3.05, 3.63) is 60.2 Å². The summed E-state index contributed by atoms with van der Waals surface area (Å²) in [7, 11) is 0. The average molecular weight is 266 g/mol. The number of nitrogens with zero attached hydrogens (tertiary/aromatic N) is 1. The fourth-order valence-corrected chi connectivity index (χ4v) is 2.81. The molecule has 3 rings (SSSR count). The third-order valence-electron chi connectivity index (χ3n) is 3.00. The zero-order chi connectivity index (χ0) is 13.2. The molecule has 0 aliphatic heterocycles. The van der Waals surface area contributed by atoms with E-state index in [2.05, 4.69) is 36.2 Å². The lowest BCUT2D eigenvalue weighted by molar-refractivity contribution is 1.39. The maximum absolute atomic E-state index is 6.10. The van der Waals surface area contributed by atoms with Crippen molar-refractivity contribution in [2.24, 2.45) is 0 Å². The monoisotopic (exact) mass is 266 g/mol. The highest BCUT2D eigenvalue weighted by Gasteiger charge is 2.11. The summed E-state index contributed by atoms with van der Waals surface area (Å²) in [4.78, 5) is 4.67. The zero-order valence-corrected chi connectivity index (χ0v) is 11.4. The van der Waals surface area contributed by atoms with Crippen LogP contribution in [0, 0.1) is 6.92 Å². The van der Waals surface area contributed by atoms with E-state index in [0.717, 1.165) is 26.8 Å². The average Bonchev–Trinajstić information content (AvgIpc) is 2.83. The van der Waals surface area contributed by atoms with Crippen LogP contribution in [0.1, 0.15) is 5.56 Å². The van der Waals surface area contributed by atoms with Crippen molar-refractivity contribution in [2.45, 2.75) is 6.92 Å². The highest BCUT2D eigenvalue weighted by molar-refractivity contribution is 7.19. The maximum Gasteiger partial charge on any atom is 0.126 e. The normalized spacial score (nSPS) is 10.6. The molecule has 2 N–H and O–H groups in total. The highest BCUT2D eigenvalue weighted by atomic mass is 32.1. The van der Waals surface area contributed by atoms with E-state index >= 15 is 0 Å². The molecule has 0 radical (unpaired) electrons. The molecule has 0 bridgehead atoms. The molecule has 0 atom stereocenters. The predicted octanol–water partition coefficient (Wildman–Crippen LogP) is 4.37. The van der Waals surface area contributed by atoms with Crippen molar-refractivity contribution >= 4 is 16.3 Å². The van der Waals surface area contributed by atoms with Crippen LogP contribution in [0.4, 0.5) is 5.00 Å². The lowest BCUT2D eigenvalue weighted by atomic mass is 10.1. The zero-order valence-electron chi connectivity index (χ0n) is 10.6. The Kier molecular flexibility index (Phi) is 3.05. The molecule has 2 aromatic carbocycles. The molecule has 0 aliphatic carbocycles. The van der Waals surface area contributed by atoms with E-state index in [-0.39, 0.29) is 0 Å². The van der Waals surface area contributed by atoms with Crippen molar-refractivity contribution in [2.75, 3.05) is 5.73 Å². The molecule has 3 heteroatoms. The molecular formula is C16H14N2S. The SMILES string of the molecule is Cc1ccc(-c2nc(-c3ccccc3)c(N)s2)cc1. The molecule has 0 fully saturated rings. The van der Waals surface area contributed by atoms with E-state index in [1.54, 1.807) is 0 Å². The Morgan fingerprint density at radius 3 is 2.26 bits per heavy atom. The number of hydrogen-bond donors (Lipinski definition) is 1. The first kappa shape index (κ1) is 11.9. The van der Waals surface area contributed by atoms with Gasteiger partial charge in [0.1, 0.15) is 15.7 Å². The van der Waals surface area contributed by atoms with Crippen molar-refractivity contribution in [1.29, 1.82) is 0 Å². The van der Waals surface area contributed by atoms with Gasteiger partial charge >= 0.3 is 0 Å². The van der Waals surface area contributed by atoms with Crippen LogP contribution in [0.3, 0.4) is 0 Å². The minimum absolute atomic E-state index is 0.766. The number of hydrogen-bond acceptors (Lipinski definition) is 3. The number of rotatable bonds is 2. The minimum atomic E-state index is 0.766. The van der Waals surface area contributed by atoms with E-state index in [4.69, 9.17) is 5.73 Å². The number of thiazole rings is 1. The van der Waals surface area contributed by atoms with Crippen molar-refractivity contribution in [3.8, 4) is 21.8 Å². The Labute approximate surface area is 116 Å². The Morgan fingerprint density at radius 2 is 1.58 bits per heavy atom. The predicted molar refractivity (Wildman–Crippen MR) is 82.1 cm³/mol. The Bertz CT molecular complexity index is 685. The fraction of sp³-hybridized carbons (Fsp3) is 0.0625. The second kappa shape index (κ2) is 4.86. The number of anilines is 1. The number of nitrogen functional groups attached to an aromatic ring is 1. The number of benzene rings is 2. The van der Waals surface area contributed by atoms with Crippen LogP contribution in [0.5, 0.6) is 0 Å². The van der Waals surface area contributed by atoms with Crippen LogP contribution in [0.2, 0.25) is 0 Å². The van der Waals surface area contributed by atoms with E-state index in [0.29, 0.717) is 0 Å². The van der Waals surface area contributed by atoms with Gasteiger partial charge in [-0.05, 0) is 6.92 Å². The van der Waals surface area contributed by atoms with Crippen LogP contribution in [-0.4, -0.2) is 4.98 Å². The first-order valence-corrected chi connectivity index (χ1v) is 6.94. The summed E-state index contributed by atoms with van der Waals surface area (Å²) in [6, 6.07) is 18.4. The lowest BCUT2D eigenvalue weighted by Crippen LogP contribution is -1.85. The molecule has 1 aromatic heterocycles. The molecular weight excluding hydrogens is 252 g/mol. The van der Waals surface area contributed by atoms with Gasteiger partial charge in [-0.3, -0.25) is 0 Å². The summed E-state index contributed by atoms with van der Waals surface area (Å²) < 4.78 is 0. The molecule has 0 saturated heterocycles. The third kappa shape index (κ3) is 2.37. The smallest absolute Gasteiger partial charge is 0.126 e. The van der Waals surface area contributed by atoms with Gasteiger partial charge in [-0.1, -0.05) is 71.5 Å². The molecule has 0 aliphatic rings. The molecule has 0 spiro atoms. The molecule has 94 valence electrons. The fourth-order valence-electron chi connectivity index (χ4n) is 1.95. The Hall–Kier alpha value is -2.13. The molecule has 0 amide bonds. The van der Waals surface area contributed by atoms with E-state index < -0.39 is 0 Å². The summed E-state index contributed by atoms with van der Waals surface area (Å²) in [6.45, 7) is 2.08. The van der Waals surface area contributed by atoms with E-state index in [1.807, 2.05) is 30.3 Å². The number of nitrogens with two attached hydrogens (primary N) is 1. The van der Waals surface area contributed by atoms with Crippen LogP contribution < -0.4 is 5.73 Å².